The number of ether oxygens (including phenoxy) is 1. The van der Waals surface area contributed by atoms with Crippen LogP contribution in [-0.4, -0.2) is 28.8 Å². The lowest BCUT2D eigenvalue weighted by Crippen LogP contribution is -2.42. The van der Waals surface area contributed by atoms with Crippen molar-refractivity contribution in [1.82, 2.24) is 14.5 Å². The average Bonchev–Trinajstić information content (AvgIpc) is 2.73. The minimum absolute atomic E-state index is 0.200. The molecule has 0 atom stereocenters. The number of carbonyl (C=O) groups excluding carboxylic acids is 1. The molecule has 0 saturated carbocycles. The third kappa shape index (κ3) is 4.75. The van der Waals surface area contributed by atoms with Gasteiger partial charge in [-0.15, -0.1) is 0 Å². The number of aromatic nitrogens is 2. The van der Waals surface area contributed by atoms with E-state index >= 15 is 0 Å². The Morgan fingerprint density at radius 3 is 2.55 bits per heavy atom. The lowest BCUT2D eigenvalue weighted by atomic mass is 10.2. The van der Waals surface area contributed by atoms with Crippen LogP contribution in [0.1, 0.15) is 12.0 Å². The molecule has 29 heavy (non-hydrogen) atoms. The molecule has 1 amide bonds. The van der Waals surface area contributed by atoms with Crippen LogP contribution in [0.25, 0.3) is 10.9 Å². The molecule has 3 aromatic rings. The van der Waals surface area contributed by atoms with Crippen LogP contribution in [-0.2, 0) is 29.2 Å². The molecule has 0 saturated heterocycles. The fourth-order valence-corrected chi connectivity index (χ4v) is 3.33. The number of rotatable bonds is 8. The predicted molar refractivity (Wildman–Crippen MR) is 112 cm³/mol. The number of fused-ring (bicyclic) bond motifs is 1. The highest BCUT2D eigenvalue weighted by Crippen LogP contribution is 2.14. The van der Waals surface area contributed by atoms with E-state index in [1.165, 1.54) is 4.57 Å². The van der Waals surface area contributed by atoms with Gasteiger partial charge in [0.1, 0.15) is 6.54 Å². The molecular formula is C21H22ClN3O4. The normalized spacial score (nSPS) is 11.0. The van der Waals surface area contributed by atoms with Crippen LogP contribution in [0.15, 0.2) is 58.1 Å². The largest absolute Gasteiger partial charge is 0.385 e. The Morgan fingerprint density at radius 1 is 1.07 bits per heavy atom. The van der Waals surface area contributed by atoms with E-state index in [1.54, 1.807) is 37.4 Å². The molecule has 1 heterocycles. The van der Waals surface area contributed by atoms with Crippen LogP contribution >= 0.6 is 11.6 Å². The number of benzene rings is 2. The molecule has 0 aliphatic carbocycles. The Morgan fingerprint density at radius 2 is 1.79 bits per heavy atom. The van der Waals surface area contributed by atoms with Crippen molar-refractivity contribution in [3.8, 4) is 0 Å². The van der Waals surface area contributed by atoms with Crippen LogP contribution in [0, 0.1) is 0 Å². The molecule has 7 nitrogen and oxygen atoms in total. The Hall–Kier alpha value is -2.90. The number of para-hydroxylation sites is 1. The number of methoxy groups -OCH3 is 1. The van der Waals surface area contributed by atoms with Crippen molar-refractivity contribution >= 4 is 28.4 Å². The van der Waals surface area contributed by atoms with Gasteiger partial charge in [-0.2, -0.15) is 0 Å². The number of hydrogen-bond donors (Lipinski definition) is 1. The molecule has 1 N–H and O–H groups in total. The van der Waals surface area contributed by atoms with Crippen LogP contribution in [0.3, 0.4) is 0 Å². The molecule has 1 aromatic heterocycles. The van der Waals surface area contributed by atoms with Crippen LogP contribution in [0.4, 0.5) is 0 Å². The first-order chi connectivity index (χ1) is 14.0. The Bertz CT molecular complexity index is 1140. The molecule has 3 rings (SSSR count). The second-order valence-corrected chi connectivity index (χ2v) is 6.96. The monoisotopic (exact) mass is 415 g/mol. The van der Waals surface area contributed by atoms with Gasteiger partial charge in [0.05, 0.1) is 10.9 Å². The fourth-order valence-electron chi connectivity index (χ4n) is 3.12. The maximum atomic E-state index is 12.9. The molecule has 2 aromatic carbocycles. The minimum atomic E-state index is -0.516. The zero-order valence-corrected chi connectivity index (χ0v) is 16.8. The summed E-state index contributed by atoms with van der Waals surface area (Å²) in [6, 6.07) is 14.0. The zero-order valence-electron chi connectivity index (χ0n) is 16.1. The topological polar surface area (TPSA) is 82.3 Å². The van der Waals surface area contributed by atoms with Crippen molar-refractivity contribution in [2.75, 3.05) is 13.7 Å². The number of amides is 1. The number of halogens is 1. The van der Waals surface area contributed by atoms with E-state index in [4.69, 9.17) is 16.3 Å². The van der Waals surface area contributed by atoms with E-state index in [2.05, 4.69) is 5.32 Å². The molecule has 0 fully saturated rings. The summed E-state index contributed by atoms with van der Waals surface area (Å²) in [4.78, 5) is 38.2. The standard InChI is InChI=1S/C21H22ClN3O4/c1-29-12-6-11-24-20(27)16-8-3-5-10-18(16)25(21(24)28)14-19(26)23-13-15-7-2-4-9-17(15)22/h2-5,7-10H,6,11-14H2,1H3,(H,23,26). The summed E-state index contributed by atoms with van der Waals surface area (Å²) in [5.74, 6) is -0.348. The molecule has 0 spiro atoms. The third-order valence-corrected chi connectivity index (χ3v) is 4.97. The lowest BCUT2D eigenvalue weighted by molar-refractivity contribution is -0.121. The highest BCUT2D eigenvalue weighted by atomic mass is 35.5. The second kappa shape index (κ2) is 9.54. The van der Waals surface area contributed by atoms with Gasteiger partial charge < -0.3 is 10.1 Å². The molecule has 0 bridgehead atoms. The van der Waals surface area contributed by atoms with Gasteiger partial charge in [-0.25, -0.2) is 4.79 Å². The zero-order chi connectivity index (χ0) is 20.8. The molecule has 0 aliphatic heterocycles. The lowest BCUT2D eigenvalue weighted by Gasteiger charge is -2.14. The van der Waals surface area contributed by atoms with Crippen molar-refractivity contribution in [1.29, 1.82) is 0 Å². The van der Waals surface area contributed by atoms with Gasteiger partial charge in [-0.1, -0.05) is 41.9 Å². The summed E-state index contributed by atoms with van der Waals surface area (Å²) in [5, 5.41) is 3.73. The smallest absolute Gasteiger partial charge is 0.331 e. The highest BCUT2D eigenvalue weighted by molar-refractivity contribution is 6.31. The SMILES string of the molecule is COCCCn1c(=O)c2ccccc2n(CC(=O)NCc2ccccc2Cl)c1=O. The molecule has 152 valence electrons. The van der Waals surface area contributed by atoms with Gasteiger partial charge >= 0.3 is 5.69 Å². The first-order valence-electron chi connectivity index (χ1n) is 9.24. The second-order valence-electron chi connectivity index (χ2n) is 6.56. The summed E-state index contributed by atoms with van der Waals surface area (Å²) in [6.07, 6.45) is 0.517. The maximum Gasteiger partial charge on any atom is 0.331 e. The Kier molecular flexibility index (Phi) is 6.85. The Labute approximate surface area is 172 Å². The van der Waals surface area contributed by atoms with Crippen molar-refractivity contribution < 1.29 is 9.53 Å². The molecular weight excluding hydrogens is 394 g/mol. The van der Waals surface area contributed by atoms with E-state index < -0.39 is 5.69 Å². The van der Waals surface area contributed by atoms with Crippen LogP contribution in [0.2, 0.25) is 5.02 Å². The fraction of sp³-hybridized carbons (Fsp3) is 0.286. The summed E-state index contributed by atoms with van der Waals surface area (Å²) in [7, 11) is 1.56. The first kappa shape index (κ1) is 20.8. The van der Waals surface area contributed by atoms with Gasteiger partial charge in [0.2, 0.25) is 5.91 Å². The molecule has 0 unspecified atom stereocenters. The Balaban J connectivity index is 1.89. The molecule has 8 heteroatoms. The van der Waals surface area contributed by atoms with Crippen molar-refractivity contribution in [2.45, 2.75) is 26.1 Å². The van der Waals surface area contributed by atoms with Gasteiger partial charge in [0, 0.05) is 31.8 Å². The van der Waals surface area contributed by atoms with E-state index in [1.807, 2.05) is 18.2 Å². The van der Waals surface area contributed by atoms with Crippen LogP contribution < -0.4 is 16.6 Å². The minimum Gasteiger partial charge on any atom is -0.385 e. The predicted octanol–water partition coefficient (Wildman–Crippen LogP) is 2.17. The third-order valence-electron chi connectivity index (χ3n) is 4.60. The summed E-state index contributed by atoms with van der Waals surface area (Å²) < 4.78 is 7.49. The van der Waals surface area contributed by atoms with Crippen molar-refractivity contribution in [3.63, 3.8) is 0 Å². The molecule has 0 radical (unpaired) electrons. The quantitative estimate of drug-likeness (QED) is 0.571. The number of nitrogens with one attached hydrogen (secondary N) is 1. The average molecular weight is 416 g/mol. The van der Waals surface area contributed by atoms with Gasteiger partial charge in [-0.05, 0) is 30.2 Å². The summed E-state index contributed by atoms with van der Waals surface area (Å²) >= 11 is 6.12. The maximum absolute atomic E-state index is 12.9. The number of nitrogens with zero attached hydrogens (tertiary/aromatic N) is 2. The van der Waals surface area contributed by atoms with Gasteiger partial charge in [0.15, 0.2) is 0 Å². The number of hydrogen-bond acceptors (Lipinski definition) is 4. The number of carbonyl (C=O) groups is 1. The van der Waals surface area contributed by atoms with Crippen molar-refractivity contribution in [3.05, 3.63) is 80.0 Å². The first-order valence-corrected chi connectivity index (χ1v) is 9.62. The van der Waals surface area contributed by atoms with Gasteiger partial charge in [-0.3, -0.25) is 18.7 Å². The molecule has 0 aliphatic rings. The highest BCUT2D eigenvalue weighted by Gasteiger charge is 2.15. The van der Waals surface area contributed by atoms with E-state index in [-0.39, 0.29) is 31.1 Å². The van der Waals surface area contributed by atoms with Crippen molar-refractivity contribution in [2.24, 2.45) is 0 Å². The van der Waals surface area contributed by atoms with E-state index in [0.29, 0.717) is 29.0 Å². The summed E-state index contributed by atoms with van der Waals surface area (Å²) in [5.41, 5.74) is 0.328. The van der Waals surface area contributed by atoms with E-state index in [0.717, 1.165) is 10.1 Å². The summed E-state index contributed by atoms with van der Waals surface area (Å²) in [6.45, 7) is 0.696. The van der Waals surface area contributed by atoms with Crippen LogP contribution in [0.5, 0.6) is 0 Å². The van der Waals surface area contributed by atoms with Gasteiger partial charge in [0.25, 0.3) is 5.56 Å². The van der Waals surface area contributed by atoms with E-state index in [9.17, 15) is 14.4 Å².